The van der Waals surface area contributed by atoms with Crippen LogP contribution in [0.3, 0.4) is 0 Å². The molecule has 0 aliphatic rings. The van der Waals surface area contributed by atoms with Crippen molar-refractivity contribution in [3.8, 4) is 0 Å². The summed E-state index contributed by atoms with van der Waals surface area (Å²) in [6.07, 6.45) is 4.85. The Morgan fingerprint density at radius 3 is 2.88 bits per heavy atom. The third kappa shape index (κ3) is 3.56. The lowest BCUT2D eigenvalue weighted by Gasteiger charge is -2.01. The molecular weight excluding hydrogens is 210 g/mol. The van der Waals surface area contributed by atoms with Crippen LogP contribution in [0, 0.1) is 0 Å². The monoisotopic (exact) mass is 231 g/mol. The van der Waals surface area contributed by atoms with Gasteiger partial charge in [-0.3, -0.25) is 0 Å². The summed E-state index contributed by atoms with van der Waals surface area (Å²) in [6, 6.07) is 8.17. The number of para-hydroxylation sites is 2. The number of fused-ring (bicyclic) bond motifs is 1. The first kappa shape index (κ1) is 12.1. The highest BCUT2D eigenvalue weighted by Gasteiger charge is 2.00. The van der Waals surface area contributed by atoms with Crippen molar-refractivity contribution >= 4 is 11.0 Å². The van der Waals surface area contributed by atoms with Crippen LogP contribution in [0.1, 0.15) is 32.0 Å². The van der Waals surface area contributed by atoms with Gasteiger partial charge in [0.25, 0.3) is 0 Å². The Morgan fingerprint density at radius 1 is 1.18 bits per heavy atom. The van der Waals surface area contributed by atoms with Crippen LogP contribution < -0.4 is 5.32 Å². The van der Waals surface area contributed by atoms with E-state index in [1.165, 1.54) is 19.3 Å². The number of benzene rings is 1. The van der Waals surface area contributed by atoms with E-state index >= 15 is 0 Å². The van der Waals surface area contributed by atoms with E-state index in [1.807, 2.05) is 18.2 Å². The summed E-state index contributed by atoms with van der Waals surface area (Å²) >= 11 is 0. The van der Waals surface area contributed by atoms with Crippen molar-refractivity contribution in [3.63, 3.8) is 0 Å². The number of H-pyrrole nitrogens is 1. The van der Waals surface area contributed by atoms with Gasteiger partial charge in [-0.25, -0.2) is 4.98 Å². The Labute approximate surface area is 103 Å². The van der Waals surface area contributed by atoms with Gasteiger partial charge in [-0.2, -0.15) is 0 Å². The minimum Gasteiger partial charge on any atom is -0.342 e. The van der Waals surface area contributed by atoms with E-state index in [2.05, 4.69) is 28.3 Å². The Bertz CT molecular complexity index is 414. The van der Waals surface area contributed by atoms with Gasteiger partial charge in [0.1, 0.15) is 5.82 Å². The van der Waals surface area contributed by atoms with Crippen LogP contribution in [0.4, 0.5) is 0 Å². The van der Waals surface area contributed by atoms with E-state index < -0.39 is 0 Å². The number of hydrogen-bond donors (Lipinski definition) is 2. The molecule has 0 atom stereocenters. The zero-order valence-electron chi connectivity index (χ0n) is 10.5. The van der Waals surface area contributed by atoms with Crippen molar-refractivity contribution in [2.45, 2.75) is 32.6 Å². The average molecular weight is 231 g/mol. The Hall–Kier alpha value is -1.35. The average Bonchev–Trinajstić information content (AvgIpc) is 2.76. The van der Waals surface area contributed by atoms with Gasteiger partial charge in [-0.1, -0.05) is 31.9 Å². The Kier molecular flexibility index (Phi) is 4.56. The molecule has 3 heteroatoms. The van der Waals surface area contributed by atoms with Gasteiger partial charge >= 0.3 is 0 Å². The molecule has 2 rings (SSSR count). The molecule has 0 aliphatic heterocycles. The fourth-order valence-corrected chi connectivity index (χ4v) is 1.96. The zero-order valence-corrected chi connectivity index (χ0v) is 10.5. The van der Waals surface area contributed by atoms with Crippen molar-refractivity contribution in [1.82, 2.24) is 15.3 Å². The molecule has 0 spiro atoms. The van der Waals surface area contributed by atoms with Crippen LogP contribution in [0.2, 0.25) is 0 Å². The lowest BCUT2D eigenvalue weighted by Crippen LogP contribution is -2.18. The molecule has 2 aromatic rings. The first-order valence-corrected chi connectivity index (χ1v) is 6.54. The Morgan fingerprint density at radius 2 is 2.06 bits per heavy atom. The molecule has 0 fully saturated rings. The summed E-state index contributed by atoms with van der Waals surface area (Å²) in [5.74, 6) is 1.08. The van der Waals surface area contributed by atoms with Gasteiger partial charge in [-0.05, 0) is 25.1 Å². The van der Waals surface area contributed by atoms with E-state index in [4.69, 9.17) is 0 Å². The van der Waals surface area contributed by atoms with Crippen LogP contribution in [0.5, 0.6) is 0 Å². The molecule has 92 valence electrons. The van der Waals surface area contributed by atoms with Gasteiger partial charge in [-0.15, -0.1) is 0 Å². The second-order valence-electron chi connectivity index (χ2n) is 4.41. The summed E-state index contributed by atoms with van der Waals surface area (Å²) in [6.45, 7) is 4.35. The number of imidazole rings is 1. The molecule has 1 heterocycles. The minimum absolute atomic E-state index is 0.973. The van der Waals surface area contributed by atoms with Crippen LogP contribution in [0.15, 0.2) is 24.3 Å². The number of hydrogen-bond acceptors (Lipinski definition) is 2. The fourth-order valence-electron chi connectivity index (χ4n) is 1.96. The molecule has 2 N–H and O–H groups in total. The third-order valence-electron chi connectivity index (χ3n) is 2.93. The standard InChI is InChI=1S/C14H21N3/c1-2-3-6-10-15-11-9-14-16-12-7-4-5-8-13(12)17-14/h4-5,7-8,15H,2-3,6,9-11H2,1H3,(H,16,17). The topological polar surface area (TPSA) is 40.7 Å². The second-order valence-corrected chi connectivity index (χ2v) is 4.41. The summed E-state index contributed by atoms with van der Waals surface area (Å²) < 4.78 is 0. The molecule has 0 amide bonds. The van der Waals surface area contributed by atoms with Gasteiger partial charge in [0.2, 0.25) is 0 Å². The smallest absolute Gasteiger partial charge is 0.108 e. The molecule has 3 nitrogen and oxygen atoms in total. The highest BCUT2D eigenvalue weighted by atomic mass is 14.9. The minimum atomic E-state index is 0.973. The van der Waals surface area contributed by atoms with E-state index in [0.29, 0.717) is 0 Å². The maximum Gasteiger partial charge on any atom is 0.108 e. The quantitative estimate of drug-likeness (QED) is 0.719. The lowest BCUT2D eigenvalue weighted by atomic mass is 10.2. The SMILES string of the molecule is CCCCCNCCc1nc2ccccc2[nH]1. The van der Waals surface area contributed by atoms with Crippen LogP contribution in [0.25, 0.3) is 11.0 Å². The molecule has 1 aromatic carbocycles. The fraction of sp³-hybridized carbons (Fsp3) is 0.500. The second kappa shape index (κ2) is 6.40. The van der Waals surface area contributed by atoms with Gasteiger partial charge < -0.3 is 10.3 Å². The number of nitrogens with one attached hydrogen (secondary N) is 2. The van der Waals surface area contributed by atoms with Crippen molar-refractivity contribution < 1.29 is 0 Å². The van der Waals surface area contributed by atoms with E-state index in [-0.39, 0.29) is 0 Å². The third-order valence-corrected chi connectivity index (χ3v) is 2.93. The van der Waals surface area contributed by atoms with Gasteiger partial charge in [0.15, 0.2) is 0 Å². The van der Waals surface area contributed by atoms with Crippen LogP contribution in [-0.4, -0.2) is 23.1 Å². The summed E-state index contributed by atoms with van der Waals surface area (Å²) in [4.78, 5) is 7.90. The van der Waals surface area contributed by atoms with Crippen LogP contribution in [-0.2, 0) is 6.42 Å². The molecule has 0 radical (unpaired) electrons. The zero-order chi connectivity index (χ0) is 11.9. The van der Waals surface area contributed by atoms with Gasteiger partial charge in [0, 0.05) is 13.0 Å². The number of unbranched alkanes of at least 4 members (excludes halogenated alkanes) is 2. The largest absolute Gasteiger partial charge is 0.342 e. The molecule has 1 aromatic heterocycles. The first-order valence-electron chi connectivity index (χ1n) is 6.54. The maximum absolute atomic E-state index is 4.55. The molecule has 0 saturated carbocycles. The maximum atomic E-state index is 4.55. The van der Waals surface area contributed by atoms with Crippen molar-refractivity contribution in [1.29, 1.82) is 0 Å². The number of aromatic amines is 1. The molecule has 17 heavy (non-hydrogen) atoms. The number of aromatic nitrogens is 2. The first-order chi connectivity index (χ1) is 8.40. The van der Waals surface area contributed by atoms with E-state index in [9.17, 15) is 0 Å². The highest BCUT2D eigenvalue weighted by molar-refractivity contribution is 5.74. The molecule has 0 bridgehead atoms. The molecule has 0 unspecified atom stereocenters. The highest BCUT2D eigenvalue weighted by Crippen LogP contribution is 2.10. The molecule has 0 saturated heterocycles. The number of nitrogens with zero attached hydrogens (tertiary/aromatic N) is 1. The van der Waals surface area contributed by atoms with Crippen LogP contribution >= 0.6 is 0 Å². The van der Waals surface area contributed by atoms with Crippen molar-refractivity contribution in [2.75, 3.05) is 13.1 Å². The predicted octanol–water partition coefficient (Wildman–Crippen LogP) is 2.89. The molecule has 0 aliphatic carbocycles. The number of rotatable bonds is 7. The van der Waals surface area contributed by atoms with E-state index in [0.717, 1.165) is 36.4 Å². The molecular formula is C14H21N3. The van der Waals surface area contributed by atoms with Crippen molar-refractivity contribution in [3.05, 3.63) is 30.1 Å². The summed E-state index contributed by atoms with van der Waals surface area (Å²) in [5, 5.41) is 3.45. The van der Waals surface area contributed by atoms with Crippen molar-refractivity contribution in [2.24, 2.45) is 0 Å². The van der Waals surface area contributed by atoms with E-state index in [1.54, 1.807) is 0 Å². The van der Waals surface area contributed by atoms with Gasteiger partial charge in [0.05, 0.1) is 11.0 Å². The Balaban J connectivity index is 1.75. The summed E-state index contributed by atoms with van der Waals surface area (Å²) in [7, 11) is 0. The lowest BCUT2D eigenvalue weighted by molar-refractivity contribution is 0.612. The predicted molar refractivity (Wildman–Crippen MR) is 72.2 cm³/mol. The normalized spacial score (nSPS) is 11.1. The summed E-state index contributed by atoms with van der Waals surface area (Å²) in [5.41, 5.74) is 2.20.